The van der Waals surface area contributed by atoms with E-state index in [1.54, 1.807) is 0 Å². The van der Waals surface area contributed by atoms with E-state index in [0.29, 0.717) is 15.1 Å². The zero-order valence-electron chi connectivity index (χ0n) is 4.40. The minimum atomic E-state index is 0.486. The van der Waals surface area contributed by atoms with Crippen LogP contribution in [0, 0.1) is 0 Å². The van der Waals surface area contributed by atoms with Crippen LogP contribution in [-0.4, -0.2) is 12.6 Å². The molecule has 0 amide bonds. The lowest BCUT2D eigenvalue weighted by atomic mass is 10.3. The van der Waals surface area contributed by atoms with Gasteiger partial charge in [0.2, 0.25) is 0 Å². The zero-order valence-corrected chi connectivity index (χ0v) is 5.40. The molecule has 2 nitrogen and oxygen atoms in total. The number of rotatable bonds is 0. The van der Waals surface area contributed by atoms with Gasteiger partial charge < -0.3 is 4.52 Å². The van der Waals surface area contributed by atoms with Gasteiger partial charge >= 0.3 is 0 Å². The maximum Gasteiger partial charge on any atom is 0.0865 e. The van der Waals surface area contributed by atoms with Crippen molar-refractivity contribution in [3.05, 3.63) is 0 Å². The van der Waals surface area contributed by atoms with Crippen LogP contribution in [0.15, 0.2) is 0 Å². The van der Waals surface area contributed by atoms with Crippen molar-refractivity contribution in [1.29, 1.82) is 0 Å². The molecule has 0 bridgehead atoms. The summed E-state index contributed by atoms with van der Waals surface area (Å²) in [6.45, 7) is 3.23. The molecule has 1 rings (SSSR count). The van der Waals surface area contributed by atoms with E-state index < -0.39 is 0 Å². The van der Waals surface area contributed by atoms with E-state index in [9.17, 15) is 0 Å². The maximum absolute atomic E-state index is 5.19. The van der Waals surface area contributed by atoms with Gasteiger partial charge in [-0.2, -0.15) is 0 Å². The Morgan fingerprint density at radius 1 is 1.86 bits per heavy atom. The van der Waals surface area contributed by atoms with E-state index in [0.717, 1.165) is 13.0 Å². The molecule has 2 atom stereocenters. The van der Waals surface area contributed by atoms with Crippen molar-refractivity contribution in [2.45, 2.75) is 19.4 Å². The van der Waals surface area contributed by atoms with Gasteiger partial charge in [0.25, 0.3) is 0 Å². The molecule has 7 heavy (non-hydrogen) atoms. The summed E-state index contributed by atoms with van der Waals surface area (Å²) in [5, 5.41) is 3.12. The average molecular weight is 119 g/mol. The molecule has 0 spiro atoms. The lowest BCUT2D eigenvalue weighted by molar-refractivity contribution is 0.224. The molecule has 0 radical (unpaired) electrons. The molecular weight excluding hydrogens is 109 g/mol. The van der Waals surface area contributed by atoms with Crippen LogP contribution in [0.1, 0.15) is 13.3 Å². The first kappa shape index (κ1) is 5.49. The van der Waals surface area contributed by atoms with Gasteiger partial charge in [-0.15, -0.1) is 0 Å². The normalized spacial score (nSPS) is 36.4. The molecule has 0 aromatic rings. The Labute approximate surface area is 45.5 Å². The molecule has 0 aromatic carbocycles. The van der Waals surface area contributed by atoms with Crippen LogP contribution in [0.4, 0.5) is 0 Å². The molecule has 1 saturated heterocycles. The highest BCUT2D eigenvalue weighted by molar-refractivity contribution is 7.29. The number of hydrogen-bond donors (Lipinski definition) is 1. The number of hydrogen-bond acceptors (Lipinski definition) is 2. The van der Waals surface area contributed by atoms with Crippen molar-refractivity contribution < 1.29 is 4.52 Å². The summed E-state index contributed by atoms with van der Waals surface area (Å²) in [4.78, 5) is 0. The van der Waals surface area contributed by atoms with Crippen LogP contribution in [0.25, 0.3) is 0 Å². The van der Waals surface area contributed by atoms with Gasteiger partial charge in [-0.05, 0) is 13.3 Å². The van der Waals surface area contributed by atoms with Gasteiger partial charge in [0.05, 0.1) is 15.1 Å². The SMILES string of the molecule is C[C@@H]1CCNPO1. The Bertz CT molecular complexity index is 53.7. The summed E-state index contributed by atoms with van der Waals surface area (Å²) in [5.41, 5.74) is 0. The molecular formula is C4H10NOP. The molecule has 1 unspecified atom stereocenters. The van der Waals surface area contributed by atoms with Crippen molar-refractivity contribution >= 4 is 8.96 Å². The summed E-state index contributed by atoms with van der Waals surface area (Å²) < 4.78 is 5.19. The zero-order chi connectivity index (χ0) is 5.11. The molecule has 0 aromatic heterocycles. The van der Waals surface area contributed by atoms with Crippen molar-refractivity contribution in [1.82, 2.24) is 5.09 Å². The quantitative estimate of drug-likeness (QED) is 0.478. The highest BCUT2D eigenvalue weighted by atomic mass is 31.1. The van der Waals surface area contributed by atoms with Crippen molar-refractivity contribution in [2.75, 3.05) is 6.54 Å². The van der Waals surface area contributed by atoms with E-state index in [1.165, 1.54) is 0 Å². The summed E-state index contributed by atoms with van der Waals surface area (Å²) in [5.74, 6) is 0. The molecule has 1 heterocycles. The van der Waals surface area contributed by atoms with Crippen LogP contribution in [0.2, 0.25) is 0 Å². The lowest BCUT2D eigenvalue weighted by Gasteiger charge is -2.18. The molecule has 0 saturated carbocycles. The average Bonchev–Trinajstić information content (AvgIpc) is 1.69. The summed E-state index contributed by atoms with van der Waals surface area (Å²) >= 11 is 0. The summed E-state index contributed by atoms with van der Waals surface area (Å²) in [6, 6.07) is 0. The van der Waals surface area contributed by atoms with E-state index in [2.05, 4.69) is 12.0 Å². The Hall–Kier alpha value is 0.350. The highest BCUT2D eigenvalue weighted by Crippen LogP contribution is 2.16. The van der Waals surface area contributed by atoms with Crippen LogP contribution >= 0.6 is 8.96 Å². The third-order valence-corrected chi connectivity index (χ3v) is 1.92. The van der Waals surface area contributed by atoms with Crippen molar-refractivity contribution in [3.8, 4) is 0 Å². The van der Waals surface area contributed by atoms with E-state index in [4.69, 9.17) is 4.52 Å². The van der Waals surface area contributed by atoms with Crippen molar-refractivity contribution in [2.24, 2.45) is 0 Å². The molecule has 3 heteroatoms. The largest absolute Gasteiger partial charge is 0.344 e. The lowest BCUT2D eigenvalue weighted by Crippen LogP contribution is -2.19. The van der Waals surface area contributed by atoms with Crippen LogP contribution in [0.5, 0.6) is 0 Å². The summed E-state index contributed by atoms with van der Waals surface area (Å²) in [6.07, 6.45) is 1.65. The summed E-state index contributed by atoms with van der Waals surface area (Å²) in [7, 11) is 0.532. The molecule has 1 fully saturated rings. The Kier molecular flexibility index (Phi) is 2.04. The van der Waals surface area contributed by atoms with Gasteiger partial charge in [0.15, 0.2) is 0 Å². The monoisotopic (exact) mass is 119 g/mol. The highest BCUT2D eigenvalue weighted by Gasteiger charge is 2.05. The Morgan fingerprint density at radius 3 is 3.00 bits per heavy atom. The van der Waals surface area contributed by atoms with Gasteiger partial charge in [-0.1, -0.05) is 0 Å². The van der Waals surface area contributed by atoms with Gasteiger partial charge in [-0.25, -0.2) is 0 Å². The van der Waals surface area contributed by atoms with E-state index in [1.807, 2.05) is 0 Å². The Balaban J connectivity index is 2.12. The van der Waals surface area contributed by atoms with Crippen LogP contribution in [0.3, 0.4) is 0 Å². The van der Waals surface area contributed by atoms with Gasteiger partial charge in [0, 0.05) is 6.54 Å². The second kappa shape index (κ2) is 2.61. The molecule has 1 aliphatic heterocycles. The predicted octanol–water partition coefficient (Wildman–Crippen LogP) is 0.893. The maximum atomic E-state index is 5.19. The molecule has 0 aliphatic carbocycles. The minimum absolute atomic E-state index is 0.486. The van der Waals surface area contributed by atoms with Gasteiger partial charge in [0.1, 0.15) is 0 Å². The van der Waals surface area contributed by atoms with Crippen LogP contribution < -0.4 is 5.09 Å². The van der Waals surface area contributed by atoms with Crippen molar-refractivity contribution in [3.63, 3.8) is 0 Å². The first-order valence-electron chi connectivity index (χ1n) is 2.53. The Morgan fingerprint density at radius 2 is 2.71 bits per heavy atom. The predicted molar refractivity (Wildman–Crippen MR) is 31.5 cm³/mol. The second-order valence-electron chi connectivity index (χ2n) is 1.75. The first-order chi connectivity index (χ1) is 3.39. The third-order valence-electron chi connectivity index (χ3n) is 1.01. The van der Waals surface area contributed by atoms with E-state index >= 15 is 0 Å². The standard InChI is InChI=1S/C4H10NOP/c1-4-2-3-5-7-6-4/h4-5,7H,2-3H2,1H3/t4-/m1/s1. The topological polar surface area (TPSA) is 21.3 Å². The third kappa shape index (κ3) is 1.72. The van der Waals surface area contributed by atoms with E-state index in [-0.39, 0.29) is 0 Å². The second-order valence-corrected chi connectivity index (χ2v) is 2.54. The fraction of sp³-hybridized carbons (Fsp3) is 1.00. The molecule has 1 N–H and O–H groups in total. The minimum Gasteiger partial charge on any atom is -0.344 e. The fourth-order valence-electron chi connectivity index (χ4n) is 0.528. The first-order valence-corrected chi connectivity index (χ1v) is 3.44. The smallest absolute Gasteiger partial charge is 0.0865 e. The molecule has 42 valence electrons. The van der Waals surface area contributed by atoms with Crippen LogP contribution in [-0.2, 0) is 4.52 Å². The number of nitrogens with one attached hydrogen (secondary N) is 1. The fourth-order valence-corrected chi connectivity index (χ4v) is 1.18. The molecule has 1 aliphatic rings. The van der Waals surface area contributed by atoms with Gasteiger partial charge in [-0.3, -0.25) is 5.09 Å².